The first kappa shape index (κ1) is 11.4. The minimum Gasteiger partial charge on any atom is -0.321 e. The van der Waals surface area contributed by atoms with E-state index in [1.807, 2.05) is 42.5 Å². The van der Waals surface area contributed by atoms with Crippen LogP contribution in [0.1, 0.15) is 0 Å². The fourth-order valence-electron chi connectivity index (χ4n) is 2.64. The third-order valence-corrected chi connectivity index (χ3v) is 3.80. The molecule has 96 valence electrons. The minimum absolute atomic E-state index is 0.111. The number of fused-ring (bicyclic) bond motifs is 5. The van der Waals surface area contributed by atoms with Crippen molar-refractivity contribution in [2.45, 2.75) is 0 Å². The summed E-state index contributed by atoms with van der Waals surface area (Å²) in [6.45, 7) is 0. The molecule has 4 heteroatoms. The maximum atomic E-state index is 12.2. The zero-order chi connectivity index (χ0) is 13.7. The summed E-state index contributed by atoms with van der Waals surface area (Å²) >= 11 is 6.33. The van der Waals surface area contributed by atoms with Crippen molar-refractivity contribution >= 4 is 44.2 Å². The van der Waals surface area contributed by atoms with Gasteiger partial charge in [0.2, 0.25) is 0 Å². The molecule has 2 aromatic heterocycles. The predicted molar refractivity (Wildman–Crippen MR) is 82.4 cm³/mol. The van der Waals surface area contributed by atoms with E-state index < -0.39 is 0 Å². The van der Waals surface area contributed by atoms with Gasteiger partial charge in [0.15, 0.2) is 0 Å². The van der Waals surface area contributed by atoms with E-state index in [4.69, 9.17) is 11.6 Å². The largest absolute Gasteiger partial charge is 0.321 e. The number of nitrogens with one attached hydrogen (secondary N) is 1. The van der Waals surface area contributed by atoms with E-state index in [0.717, 1.165) is 27.2 Å². The highest BCUT2D eigenvalue weighted by atomic mass is 35.5. The van der Waals surface area contributed by atoms with Gasteiger partial charge in [0.05, 0.1) is 11.0 Å². The lowest BCUT2D eigenvalue weighted by atomic mass is 10.1. The first-order chi connectivity index (χ1) is 9.75. The second-order valence-corrected chi connectivity index (χ2v) is 5.03. The molecule has 0 unspecified atom stereocenters. The molecule has 0 fully saturated rings. The van der Waals surface area contributed by atoms with Gasteiger partial charge in [0.1, 0.15) is 5.15 Å². The Morgan fingerprint density at radius 3 is 2.35 bits per heavy atom. The summed E-state index contributed by atoms with van der Waals surface area (Å²) in [5.41, 5.74) is 1.40. The first-order valence-electron chi connectivity index (χ1n) is 6.25. The maximum absolute atomic E-state index is 12.2. The number of hydrogen-bond acceptors (Lipinski definition) is 2. The summed E-state index contributed by atoms with van der Waals surface area (Å²) in [6.07, 6.45) is 0. The van der Waals surface area contributed by atoms with Gasteiger partial charge in [-0.15, -0.1) is 0 Å². The Hall–Kier alpha value is -2.39. The summed E-state index contributed by atoms with van der Waals surface area (Å²) in [6, 6.07) is 15.1. The molecule has 0 spiro atoms. The molecule has 3 nitrogen and oxygen atoms in total. The molecule has 0 saturated heterocycles. The monoisotopic (exact) mass is 280 g/mol. The van der Waals surface area contributed by atoms with Gasteiger partial charge in [-0.05, 0) is 17.5 Å². The fourth-order valence-corrected chi connectivity index (χ4v) is 2.92. The van der Waals surface area contributed by atoms with E-state index in [1.165, 1.54) is 0 Å². The van der Waals surface area contributed by atoms with Gasteiger partial charge in [-0.3, -0.25) is 4.79 Å². The smallest absolute Gasteiger partial charge is 0.256 e. The van der Waals surface area contributed by atoms with Crippen LogP contribution in [0.2, 0.25) is 5.15 Å². The van der Waals surface area contributed by atoms with E-state index in [-0.39, 0.29) is 5.56 Å². The van der Waals surface area contributed by atoms with E-state index in [2.05, 4.69) is 9.97 Å². The van der Waals surface area contributed by atoms with Gasteiger partial charge in [0, 0.05) is 16.2 Å². The van der Waals surface area contributed by atoms with Crippen molar-refractivity contribution in [3.63, 3.8) is 0 Å². The lowest BCUT2D eigenvalue weighted by Crippen LogP contribution is -2.07. The normalized spacial score (nSPS) is 11.4. The summed E-state index contributed by atoms with van der Waals surface area (Å²) < 4.78 is 0. The molecule has 0 radical (unpaired) electrons. The summed E-state index contributed by atoms with van der Waals surface area (Å²) in [4.78, 5) is 19.6. The Labute approximate surface area is 118 Å². The molecule has 0 aliphatic rings. The molecule has 0 atom stereocenters. The molecule has 2 heterocycles. The third-order valence-electron chi connectivity index (χ3n) is 3.53. The topological polar surface area (TPSA) is 45.8 Å². The van der Waals surface area contributed by atoms with E-state index in [9.17, 15) is 4.79 Å². The van der Waals surface area contributed by atoms with Crippen LogP contribution in [0.4, 0.5) is 0 Å². The molecule has 2 aromatic carbocycles. The number of aromatic nitrogens is 2. The quantitative estimate of drug-likeness (QED) is 0.392. The van der Waals surface area contributed by atoms with Crippen LogP contribution in [0.15, 0.2) is 53.3 Å². The van der Waals surface area contributed by atoms with Crippen LogP contribution in [-0.2, 0) is 0 Å². The average Bonchev–Trinajstić information content (AvgIpc) is 2.47. The maximum Gasteiger partial charge on any atom is 0.256 e. The number of H-pyrrole nitrogens is 1. The molecular weight excluding hydrogens is 272 g/mol. The Kier molecular flexibility index (Phi) is 2.32. The van der Waals surface area contributed by atoms with E-state index in [1.54, 1.807) is 6.07 Å². The second-order valence-electron chi connectivity index (χ2n) is 4.67. The highest BCUT2D eigenvalue weighted by Crippen LogP contribution is 2.31. The number of nitrogens with zero attached hydrogens (tertiary/aromatic N) is 1. The standard InChI is InChI=1S/C16H9ClN2O/c17-15-13-9-5-1-2-6-10(9)16(20)19-14(13)11-7-3-4-8-12(11)18-15/h1-8H,(H,19,20). The second kappa shape index (κ2) is 4.05. The number of halogens is 1. The summed E-state index contributed by atoms with van der Waals surface area (Å²) in [5, 5.41) is 3.55. The first-order valence-corrected chi connectivity index (χ1v) is 6.62. The van der Waals surface area contributed by atoms with E-state index in [0.29, 0.717) is 10.5 Å². The molecule has 4 aromatic rings. The van der Waals surface area contributed by atoms with Crippen molar-refractivity contribution in [3.05, 3.63) is 64.0 Å². The Morgan fingerprint density at radius 1 is 0.900 bits per heavy atom. The molecular formula is C16H9ClN2O. The van der Waals surface area contributed by atoms with Crippen molar-refractivity contribution in [1.82, 2.24) is 9.97 Å². The SMILES string of the molecule is O=c1[nH]c2c3ccccc3nc(Cl)c2c2ccccc12. The lowest BCUT2D eigenvalue weighted by molar-refractivity contribution is 1.34. The van der Waals surface area contributed by atoms with Gasteiger partial charge in [-0.2, -0.15) is 0 Å². The van der Waals surface area contributed by atoms with Crippen LogP contribution >= 0.6 is 11.6 Å². The number of benzene rings is 2. The molecule has 0 aliphatic heterocycles. The highest BCUT2D eigenvalue weighted by molar-refractivity contribution is 6.38. The zero-order valence-electron chi connectivity index (χ0n) is 10.4. The van der Waals surface area contributed by atoms with Crippen LogP contribution in [0.25, 0.3) is 32.6 Å². The summed E-state index contributed by atoms with van der Waals surface area (Å²) in [5.74, 6) is 0. The Bertz CT molecular complexity index is 1040. The number of rotatable bonds is 0. The lowest BCUT2D eigenvalue weighted by Gasteiger charge is -2.08. The van der Waals surface area contributed by atoms with Gasteiger partial charge in [-0.1, -0.05) is 48.0 Å². The van der Waals surface area contributed by atoms with Gasteiger partial charge in [-0.25, -0.2) is 4.98 Å². The van der Waals surface area contributed by atoms with Crippen LogP contribution in [0.3, 0.4) is 0 Å². The molecule has 1 N–H and O–H groups in total. The number of hydrogen-bond donors (Lipinski definition) is 1. The number of para-hydroxylation sites is 1. The van der Waals surface area contributed by atoms with Gasteiger partial charge >= 0.3 is 0 Å². The van der Waals surface area contributed by atoms with Crippen LogP contribution in [0, 0.1) is 0 Å². The highest BCUT2D eigenvalue weighted by Gasteiger charge is 2.12. The van der Waals surface area contributed by atoms with Crippen molar-refractivity contribution in [3.8, 4) is 0 Å². The molecule has 4 rings (SSSR count). The van der Waals surface area contributed by atoms with Crippen molar-refractivity contribution in [2.75, 3.05) is 0 Å². The average molecular weight is 281 g/mol. The molecule has 0 amide bonds. The van der Waals surface area contributed by atoms with Crippen molar-refractivity contribution < 1.29 is 0 Å². The fraction of sp³-hybridized carbons (Fsp3) is 0. The van der Waals surface area contributed by atoms with Crippen molar-refractivity contribution in [1.29, 1.82) is 0 Å². The zero-order valence-corrected chi connectivity index (χ0v) is 11.1. The molecule has 20 heavy (non-hydrogen) atoms. The van der Waals surface area contributed by atoms with Gasteiger partial charge < -0.3 is 4.98 Å². The van der Waals surface area contributed by atoms with Gasteiger partial charge in [0.25, 0.3) is 5.56 Å². The van der Waals surface area contributed by atoms with Crippen LogP contribution in [-0.4, -0.2) is 9.97 Å². The summed E-state index contributed by atoms with van der Waals surface area (Å²) in [7, 11) is 0. The molecule has 0 bridgehead atoms. The third kappa shape index (κ3) is 1.47. The molecule has 0 saturated carbocycles. The minimum atomic E-state index is -0.111. The number of aromatic amines is 1. The number of pyridine rings is 2. The Morgan fingerprint density at radius 2 is 1.55 bits per heavy atom. The van der Waals surface area contributed by atoms with E-state index >= 15 is 0 Å². The molecule has 0 aliphatic carbocycles. The Balaban J connectivity index is 2.42. The van der Waals surface area contributed by atoms with Crippen molar-refractivity contribution in [2.24, 2.45) is 0 Å². The predicted octanol–water partition coefficient (Wildman–Crippen LogP) is 3.88. The van der Waals surface area contributed by atoms with Crippen LogP contribution in [0.5, 0.6) is 0 Å². The van der Waals surface area contributed by atoms with Crippen LogP contribution < -0.4 is 5.56 Å².